The first-order valence-corrected chi connectivity index (χ1v) is 10.8. The highest BCUT2D eigenvalue weighted by atomic mass is 35.5. The number of sulfone groups is 1. The zero-order valence-corrected chi connectivity index (χ0v) is 16.6. The van der Waals surface area contributed by atoms with Crippen molar-refractivity contribution >= 4 is 39.1 Å². The average Bonchev–Trinajstić information content (AvgIpc) is 2.56. The normalized spacial score (nSPS) is 13.9. The van der Waals surface area contributed by atoms with E-state index in [1.165, 1.54) is 18.0 Å². The second-order valence-corrected chi connectivity index (χ2v) is 9.65. The van der Waals surface area contributed by atoms with Crippen molar-refractivity contribution in [2.75, 3.05) is 6.26 Å². The van der Waals surface area contributed by atoms with Crippen LogP contribution in [0.15, 0.2) is 58.3 Å². The SMILES string of the molecule is C[C@H](NC(=O)[C@@H](C)Sc1ccc(Cl)cc1)c1ccc(S(C)(=O)=O)cc1. The van der Waals surface area contributed by atoms with Gasteiger partial charge in [0.25, 0.3) is 0 Å². The lowest BCUT2D eigenvalue weighted by molar-refractivity contribution is -0.120. The minimum absolute atomic E-state index is 0.0837. The van der Waals surface area contributed by atoms with Gasteiger partial charge in [-0.05, 0) is 55.8 Å². The molecule has 0 aromatic heterocycles. The maximum absolute atomic E-state index is 12.4. The average molecular weight is 398 g/mol. The van der Waals surface area contributed by atoms with Crippen LogP contribution in [0, 0.1) is 0 Å². The summed E-state index contributed by atoms with van der Waals surface area (Å²) >= 11 is 7.31. The largest absolute Gasteiger partial charge is 0.349 e. The van der Waals surface area contributed by atoms with Crippen molar-refractivity contribution in [2.45, 2.75) is 34.9 Å². The minimum Gasteiger partial charge on any atom is -0.349 e. The summed E-state index contributed by atoms with van der Waals surface area (Å²) < 4.78 is 23.0. The molecule has 2 rings (SSSR count). The molecule has 0 spiro atoms. The maximum Gasteiger partial charge on any atom is 0.233 e. The van der Waals surface area contributed by atoms with Crippen LogP contribution in [0.1, 0.15) is 25.5 Å². The summed E-state index contributed by atoms with van der Waals surface area (Å²) in [5, 5.41) is 3.35. The van der Waals surface area contributed by atoms with Crippen LogP contribution in [0.4, 0.5) is 0 Å². The second-order valence-electron chi connectivity index (χ2n) is 5.79. The molecule has 0 aliphatic heterocycles. The third kappa shape index (κ3) is 5.76. The Morgan fingerprint density at radius 1 is 1.04 bits per heavy atom. The quantitative estimate of drug-likeness (QED) is 0.745. The van der Waals surface area contributed by atoms with Gasteiger partial charge in [-0.15, -0.1) is 11.8 Å². The summed E-state index contributed by atoms with van der Waals surface area (Å²) in [6, 6.07) is 13.7. The number of carbonyl (C=O) groups excluding carboxylic acids is 1. The van der Waals surface area contributed by atoms with Gasteiger partial charge in [0.1, 0.15) is 0 Å². The third-order valence-corrected chi connectivity index (χ3v) is 6.16. The van der Waals surface area contributed by atoms with Gasteiger partial charge < -0.3 is 5.32 Å². The Bertz CT molecular complexity index is 834. The van der Waals surface area contributed by atoms with E-state index < -0.39 is 9.84 Å². The van der Waals surface area contributed by atoms with Gasteiger partial charge >= 0.3 is 0 Å². The molecule has 0 unspecified atom stereocenters. The van der Waals surface area contributed by atoms with Crippen LogP contribution >= 0.6 is 23.4 Å². The molecule has 1 amide bonds. The molecule has 0 fully saturated rings. The molecular formula is C18H20ClNO3S2. The number of carbonyl (C=O) groups is 1. The van der Waals surface area contributed by atoms with E-state index in [0.717, 1.165) is 10.5 Å². The topological polar surface area (TPSA) is 63.2 Å². The van der Waals surface area contributed by atoms with Crippen molar-refractivity contribution in [3.05, 3.63) is 59.1 Å². The molecule has 25 heavy (non-hydrogen) atoms. The van der Waals surface area contributed by atoms with Gasteiger partial charge in [-0.2, -0.15) is 0 Å². The highest BCUT2D eigenvalue weighted by Gasteiger charge is 2.18. The number of halogens is 1. The van der Waals surface area contributed by atoms with E-state index in [9.17, 15) is 13.2 Å². The lowest BCUT2D eigenvalue weighted by Crippen LogP contribution is -2.33. The Hall–Kier alpha value is -1.50. The number of benzene rings is 2. The Morgan fingerprint density at radius 2 is 1.60 bits per heavy atom. The van der Waals surface area contributed by atoms with Gasteiger partial charge in [-0.1, -0.05) is 23.7 Å². The van der Waals surface area contributed by atoms with Gasteiger partial charge in [-0.3, -0.25) is 4.79 Å². The molecule has 0 radical (unpaired) electrons. The van der Waals surface area contributed by atoms with Crippen molar-refractivity contribution in [1.82, 2.24) is 5.32 Å². The number of hydrogen-bond acceptors (Lipinski definition) is 4. The second kappa shape index (κ2) is 8.25. The van der Waals surface area contributed by atoms with Gasteiger partial charge in [0.2, 0.25) is 5.91 Å². The predicted octanol–water partition coefficient (Wildman–Crippen LogP) is 4.10. The fourth-order valence-corrected chi connectivity index (χ4v) is 3.82. The first kappa shape index (κ1) is 19.8. The van der Waals surface area contributed by atoms with Crippen LogP contribution in [0.25, 0.3) is 0 Å². The van der Waals surface area contributed by atoms with Crippen LogP contribution in [-0.2, 0) is 14.6 Å². The van der Waals surface area contributed by atoms with Crippen LogP contribution in [0.5, 0.6) is 0 Å². The highest BCUT2D eigenvalue weighted by molar-refractivity contribution is 8.00. The molecule has 0 saturated heterocycles. The van der Waals surface area contributed by atoms with E-state index in [2.05, 4.69) is 5.32 Å². The van der Waals surface area contributed by atoms with Crippen molar-refractivity contribution in [2.24, 2.45) is 0 Å². The van der Waals surface area contributed by atoms with Crippen molar-refractivity contribution < 1.29 is 13.2 Å². The zero-order chi connectivity index (χ0) is 18.6. The first-order chi connectivity index (χ1) is 11.7. The van der Waals surface area contributed by atoms with E-state index >= 15 is 0 Å². The van der Waals surface area contributed by atoms with Crippen LogP contribution < -0.4 is 5.32 Å². The summed E-state index contributed by atoms with van der Waals surface area (Å²) in [5.74, 6) is -0.0837. The van der Waals surface area contributed by atoms with Crippen molar-refractivity contribution in [1.29, 1.82) is 0 Å². The molecule has 7 heteroatoms. The van der Waals surface area contributed by atoms with E-state index in [0.29, 0.717) is 5.02 Å². The molecule has 2 aromatic carbocycles. The molecule has 0 bridgehead atoms. The monoisotopic (exact) mass is 397 g/mol. The fourth-order valence-electron chi connectivity index (χ4n) is 2.19. The fraction of sp³-hybridized carbons (Fsp3) is 0.278. The van der Waals surface area contributed by atoms with Gasteiger partial charge in [0.15, 0.2) is 9.84 Å². The summed E-state index contributed by atoms with van der Waals surface area (Å²) in [7, 11) is -3.22. The smallest absolute Gasteiger partial charge is 0.233 e. The minimum atomic E-state index is -3.22. The number of amides is 1. The molecule has 0 aliphatic carbocycles. The lowest BCUT2D eigenvalue weighted by atomic mass is 10.1. The highest BCUT2D eigenvalue weighted by Crippen LogP contribution is 2.25. The number of hydrogen-bond donors (Lipinski definition) is 1. The van der Waals surface area contributed by atoms with E-state index in [4.69, 9.17) is 11.6 Å². The Balaban J connectivity index is 1.97. The first-order valence-electron chi connectivity index (χ1n) is 7.69. The van der Waals surface area contributed by atoms with Crippen LogP contribution in [0.3, 0.4) is 0 Å². The summed E-state index contributed by atoms with van der Waals surface area (Å²) in [6.07, 6.45) is 1.17. The van der Waals surface area contributed by atoms with Crippen molar-refractivity contribution in [3.8, 4) is 0 Å². The molecule has 0 aliphatic rings. The lowest BCUT2D eigenvalue weighted by Gasteiger charge is -2.18. The maximum atomic E-state index is 12.4. The summed E-state index contributed by atoms with van der Waals surface area (Å²) in [5.41, 5.74) is 0.851. The van der Waals surface area contributed by atoms with E-state index in [1.807, 2.05) is 26.0 Å². The molecule has 2 atom stereocenters. The standard InChI is InChI=1S/C18H20ClNO3S2/c1-12(14-4-10-17(11-5-14)25(3,22)23)20-18(21)13(2)24-16-8-6-15(19)7-9-16/h4-13H,1-3H3,(H,20,21)/t12-,13+/m0/s1. The number of rotatable bonds is 6. The molecule has 2 aromatic rings. The van der Waals surface area contributed by atoms with Gasteiger partial charge in [-0.25, -0.2) is 8.42 Å². The van der Waals surface area contributed by atoms with Gasteiger partial charge in [0.05, 0.1) is 16.2 Å². The molecule has 134 valence electrons. The van der Waals surface area contributed by atoms with Crippen LogP contribution in [0.2, 0.25) is 5.02 Å². The summed E-state index contributed by atoms with van der Waals surface area (Å²) in [4.78, 5) is 13.6. The van der Waals surface area contributed by atoms with Crippen molar-refractivity contribution in [3.63, 3.8) is 0 Å². The van der Waals surface area contributed by atoms with E-state index in [1.54, 1.807) is 36.4 Å². The number of nitrogens with one attached hydrogen (secondary N) is 1. The van der Waals surface area contributed by atoms with Crippen LogP contribution in [-0.4, -0.2) is 25.8 Å². The van der Waals surface area contributed by atoms with Gasteiger partial charge in [0, 0.05) is 16.2 Å². The third-order valence-electron chi connectivity index (χ3n) is 3.66. The molecular weight excluding hydrogens is 378 g/mol. The number of thioether (sulfide) groups is 1. The predicted molar refractivity (Wildman–Crippen MR) is 103 cm³/mol. The molecule has 0 heterocycles. The summed E-state index contributed by atoms with van der Waals surface area (Å²) in [6.45, 7) is 3.71. The Morgan fingerprint density at radius 3 is 2.12 bits per heavy atom. The molecule has 4 nitrogen and oxygen atoms in total. The van der Waals surface area contributed by atoms with E-state index in [-0.39, 0.29) is 22.1 Å². The molecule has 0 saturated carbocycles. The Labute approximate surface area is 157 Å². The Kier molecular flexibility index (Phi) is 6.54. The zero-order valence-electron chi connectivity index (χ0n) is 14.2. The molecule has 1 N–H and O–H groups in total.